The number of ether oxygens (including phenoxy) is 2. The summed E-state index contributed by atoms with van der Waals surface area (Å²) in [4.78, 5) is 0. The van der Waals surface area contributed by atoms with Crippen LogP contribution in [0.3, 0.4) is 0 Å². The van der Waals surface area contributed by atoms with Crippen molar-refractivity contribution < 1.29 is 9.47 Å². The lowest BCUT2D eigenvalue weighted by Crippen LogP contribution is -2.09. The van der Waals surface area contributed by atoms with Crippen molar-refractivity contribution in [1.82, 2.24) is 15.0 Å². The summed E-state index contributed by atoms with van der Waals surface area (Å²) >= 11 is 1.71. The fourth-order valence-corrected chi connectivity index (χ4v) is 2.43. The van der Waals surface area contributed by atoms with Crippen LogP contribution in [0.5, 0.6) is 0 Å². The molecule has 0 bridgehead atoms. The molecule has 2 rings (SSSR count). The molecule has 104 valence electrons. The van der Waals surface area contributed by atoms with Crippen molar-refractivity contribution >= 4 is 11.3 Å². The van der Waals surface area contributed by atoms with Gasteiger partial charge in [-0.05, 0) is 42.7 Å². The molecule has 0 radical (unpaired) electrons. The Balaban J connectivity index is 1.93. The molecule has 0 fully saturated rings. The van der Waals surface area contributed by atoms with Crippen LogP contribution in [-0.2, 0) is 22.4 Å². The van der Waals surface area contributed by atoms with Gasteiger partial charge in [0.15, 0.2) is 0 Å². The van der Waals surface area contributed by atoms with Crippen LogP contribution in [0.15, 0.2) is 23.0 Å². The summed E-state index contributed by atoms with van der Waals surface area (Å²) in [6, 6.07) is 2.13. The van der Waals surface area contributed by atoms with E-state index in [0.29, 0.717) is 13.2 Å². The van der Waals surface area contributed by atoms with Crippen LogP contribution in [0.2, 0.25) is 0 Å². The largest absolute Gasteiger partial charge is 0.347 e. The molecule has 19 heavy (non-hydrogen) atoms. The third-order valence-electron chi connectivity index (χ3n) is 2.64. The predicted molar refractivity (Wildman–Crippen MR) is 74.0 cm³/mol. The number of hydrogen-bond donors (Lipinski definition) is 0. The highest BCUT2D eigenvalue weighted by molar-refractivity contribution is 7.07. The van der Waals surface area contributed by atoms with Gasteiger partial charge >= 0.3 is 0 Å². The van der Waals surface area contributed by atoms with E-state index in [-0.39, 0.29) is 0 Å². The number of aryl methyl sites for hydroxylation is 2. The molecule has 0 amide bonds. The summed E-state index contributed by atoms with van der Waals surface area (Å²) in [5.41, 5.74) is 2.06. The summed E-state index contributed by atoms with van der Waals surface area (Å²) in [5, 5.41) is 12.5. The number of aromatic nitrogens is 3. The third-order valence-corrected chi connectivity index (χ3v) is 3.38. The first-order valence-corrected chi connectivity index (χ1v) is 7.42. The molecule has 2 aromatic rings. The molecule has 0 saturated carbocycles. The van der Waals surface area contributed by atoms with Crippen LogP contribution in [-0.4, -0.2) is 28.2 Å². The summed E-state index contributed by atoms with van der Waals surface area (Å²) in [6.07, 6.45) is 2.44. The Morgan fingerprint density at radius 2 is 2.11 bits per heavy atom. The van der Waals surface area contributed by atoms with Gasteiger partial charge in [-0.3, -0.25) is 4.68 Å². The van der Waals surface area contributed by atoms with Gasteiger partial charge in [0.25, 0.3) is 0 Å². The topological polar surface area (TPSA) is 49.2 Å². The van der Waals surface area contributed by atoms with Crippen molar-refractivity contribution in [1.29, 1.82) is 0 Å². The second kappa shape index (κ2) is 7.37. The van der Waals surface area contributed by atoms with Crippen molar-refractivity contribution in [2.45, 2.75) is 33.1 Å². The lowest BCUT2D eigenvalue weighted by Gasteiger charge is -2.13. The van der Waals surface area contributed by atoms with Crippen LogP contribution in [0.1, 0.15) is 31.4 Å². The van der Waals surface area contributed by atoms with Gasteiger partial charge in [-0.2, -0.15) is 11.3 Å². The van der Waals surface area contributed by atoms with E-state index >= 15 is 0 Å². The first-order chi connectivity index (χ1) is 9.33. The van der Waals surface area contributed by atoms with Crippen molar-refractivity contribution in [2.75, 3.05) is 13.2 Å². The maximum atomic E-state index is 5.50. The summed E-state index contributed by atoms with van der Waals surface area (Å²) in [7, 11) is 0. The number of hydrogen-bond acceptors (Lipinski definition) is 5. The number of rotatable bonds is 8. The van der Waals surface area contributed by atoms with E-state index in [9.17, 15) is 0 Å². The minimum atomic E-state index is -0.412. The Hall–Kier alpha value is -1.24. The van der Waals surface area contributed by atoms with E-state index in [2.05, 4.69) is 27.1 Å². The Bertz CT molecular complexity index is 464. The fraction of sp³-hybridized carbons (Fsp3) is 0.538. The first-order valence-electron chi connectivity index (χ1n) is 6.47. The van der Waals surface area contributed by atoms with Crippen molar-refractivity contribution in [3.63, 3.8) is 0 Å². The smallest absolute Gasteiger partial charge is 0.204 e. The molecule has 0 aliphatic carbocycles. The quantitative estimate of drug-likeness (QED) is 0.698. The minimum absolute atomic E-state index is 0.412. The average Bonchev–Trinajstić information content (AvgIpc) is 3.07. The predicted octanol–water partition coefficient (Wildman–Crippen LogP) is 2.65. The molecule has 0 aliphatic heterocycles. The van der Waals surface area contributed by atoms with E-state index in [1.165, 1.54) is 5.56 Å². The maximum Gasteiger partial charge on any atom is 0.204 e. The van der Waals surface area contributed by atoms with Gasteiger partial charge in [-0.1, -0.05) is 5.21 Å². The molecule has 0 aromatic carbocycles. The van der Waals surface area contributed by atoms with Gasteiger partial charge in [0, 0.05) is 19.8 Å². The van der Waals surface area contributed by atoms with Crippen LogP contribution in [0.25, 0.3) is 0 Å². The van der Waals surface area contributed by atoms with E-state index < -0.39 is 6.29 Å². The minimum Gasteiger partial charge on any atom is -0.347 e. The Morgan fingerprint density at radius 3 is 2.74 bits per heavy atom. The number of thiophene rings is 1. The second-order valence-electron chi connectivity index (χ2n) is 4.03. The van der Waals surface area contributed by atoms with Crippen molar-refractivity contribution in [2.24, 2.45) is 0 Å². The normalized spacial score (nSPS) is 11.3. The maximum absolute atomic E-state index is 5.50. The molecular formula is C13H19N3O2S. The standard InChI is InChI=1S/C13H19N3O2S/c1-3-17-13(18-4-2)12-9-16(15-14-12)7-5-11-6-8-19-10-11/h6,8-10,13H,3-5,7H2,1-2H3. The molecule has 0 N–H and O–H groups in total. The second-order valence-corrected chi connectivity index (χ2v) is 4.81. The molecular weight excluding hydrogens is 262 g/mol. The summed E-state index contributed by atoms with van der Waals surface area (Å²) in [5.74, 6) is 0. The van der Waals surface area contributed by atoms with E-state index in [4.69, 9.17) is 9.47 Å². The van der Waals surface area contributed by atoms with Crippen LogP contribution in [0.4, 0.5) is 0 Å². The zero-order valence-electron chi connectivity index (χ0n) is 11.3. The van der Waals surface area contributed by atoms with E-state index in [1.54, 1.807) is 11.3 Å². The zero-order chi connectivity index (χ0) is 13.5. The summed E-state index contributed by atoms with van der Waals surface area (Å²) in [6.45, 7) is 5.87. The van der Waals surface area contributed by atoms with Gasteiger partial charge in [0.05, 0.1) is 6.20 Å². The van der Waals surface area contributed by atoms with Gasteiger partial charge in [0.1, 0.15) is 5.69 Å². The van der Waals surface area contributed by atoms with Crippen molar-refractivity contribution in [3.05, 3.63) is 34.3 Å². The highest BCUT2D eigenvalue weighted by atomic mass is 32.1. The fourth-order valence-electron chi connectivity index (χ4n) is 1.73. The monoisotopic (exact) mass is 281 g/mol. The third kappa shape index (κ3) is 4.12. The number of nitrogens with zero attached hydrogens (tertiary/aromatic N) is 3. The van der Waals surface area contributed by atoms with Gasteiger partial charge in [-0.25, -0.2) is 0 Å². The first kappa shape index (κ1) is 14.2. The Kier molecular flexibility index (Phi) is 5.50. The van der Waals surface area contributed by atoms with Crippen LogP contribution in [0, 0.1) is 0 Å². The van der Waals surface area contributed by atoms with Crippen LogP contribution >= 0.6 is 11.3 Å². The lowest BCUT2D eigenvalue weighted by molar-refractivity contribution is -0.142. The van der Waals surface area contributed by atoms with Gasteiger partial charge < -0.3 is 9.47 Å². The SMILES string of the molecule is CCOC(OCC)c1cn(CCc2ccsc2)nn1. The Labute approximate surface area is 117 Å². The average molecular weight is 281 g/mol. The zero-order valence-corrected chi connectivity index (χ0v) is 12.1. The van der Waals surface area contributed by atoms with Gasteiger partial charge in [0.2, 0.25) is 6.29 Å². The molecule has 5 nitrogen and oxygen atoms in total. The molecule has 2 heterocycles. The van der Waals surface area contributed by atoms with E-state index in [1.807, 2.05) is 24.7 Å². The molecule has 0 aliphatic rings. The highest BCUT2D eigenvalue weighted by Gasteiger charge is 2.15. The molecule has 0 unspecified atom stereocenters. The molecule has 6 heteroatoms. The van der Waals surface area contributed by atoms with Crippen LogP contribution < -0.4 is 0 Å². The highest BCUT2D eigenvalue weighted by Crippen LogP contribution is 2.16. The Morgan fingerprint density at radius 1 is 1.32 bits per heavy atom. The van der Waals surface area contributed by atoms with Gasteiger partial charge in [-0.15, -0.1) is 5.10 Å². The molecule has 2 aromatic heterocycles. The van der Waals surface area contributed by atoms with E-state index in [0.717, 1.165) is 18.7 Å². The molecule has 0 saturated heterocycles. The van der Waals surface area contributed by atoms with Crippen molar-refractivity contribution in [3.8, 4) is 0 Å². The lowest BCUT2D eigenvalue weighted by atomic mass is 10.2. The summed E-state index contributed by atoms with van der Waals surface area (Å²) < 4.78 is 12.8. The molecule has 0 spiro atoms. The molecule has 0 atom stereocenters.